The number of fused-ring (bicyclic) bond motifs is 15. The van der Waals surface area contributed by atoms with Crippen LogP contribution in [0.3, 0.4) is 0 Å². The van der Waals surface area contributed by atoms with Gasteiger partial charge in [0.15, 0.2) is 0 Å². The maximum absolute atomic E-state index is 6.19. The summed E-state index contributed by atoms with van der Waals surface area (Å²) in [6.45, 7) is 0. The molecule has 0 aliphatic heterocycles. The molecule has 330 valence electrons. The smallest absolute Gasteiger partial charge is 0.135 e. The first-order chi connectivity index (χ1) is 35.2. The summed E-state index contributed by atoms with van der Waals surface area (Å²) < 4.78 is 19.7. The van der Waals surface area contributed by atoms with Gasteiger partial charge in [-0.2, -0.15) is 0 Å². The number of hydrogen-bond acceptors (Lipinski definition) is 2. The van der Waals surface area contributed by atoms with Crippen LogP contribution in [0.4, 0.5) is 0 Å². The van der Waals surface area contributed by atoms with Crippen LogP contribution in [-0.2, 0) is 0 Å². The monoisotopic (exact) mass is 905 g/mol. The molecule has 5 heteroatoms. The van der Waals surface area contributed by atoms with Crippen LogP contribution >= 0.6 is 0 Å². The standard InChI is InChI=1S/C66H39N3O2/c1-2-12-44(13-3-1)67-61-30-26-45(68-57-18-8-4-14-47(57)51-34-40(22-28-59(51)68)42-24-32-65-55(36-42)49-16-6-10-20-63(49)70-65)38-53(61)54-39-46(27-31-62(54)67)69-58-19-9-5-15-48(58)52-35-41(23-29-60(52)69)43-25-33-66-56(37-43)50-17-7-11-21-64(50)71-66/h1-39H. The lowest BCUT2D eigenvalue weighted by molar-refractivity contribution is 0.668. The van der Waals surface area contributed by atoms with Gasteiger partial charge in [-0.3, -0.25) is 0 Å². The molecule has 16 rings (SSSR count). The van der Waals surface area contributed by atoms with Gasteiger partial charge in [0.1, 0.15) is 22.3 Å². The molecule has 0 spiro atoms. The molecule has 0 amide bonds. The zero-order valence-electron chi connectivity index (χ0n) is 38.2. The molecule has 0 saturated heterocycles. The summed E-state index contributed by atoms with van der Waals surface area (Å²) >= 11 is 0. The van der Waals surface area contributed by atoms with E-state index in [1.54, 1.807) is 0 Å². The van der Waals surface area contributed by atoms with Crippen LogP contribution in [0.25, 0.3) is 149 Å². The zero-order chi connectivity index (χ0) is 46.3. The first kappa shape index (κ1) is 38.4. The minimum atomic E-state index is 0.905. The van der Waals surface area contributed by atoms with Gasteiger partial charge in [-0.15, -0.1) is 0 Å². The Bertz CT molecular complexity index is 4590. The zero-order valence-corrected chi connectivity index (χ0v) is 38.2. The molecule has 5 aromatic heterocycles. The third kappa shape index (κ3) is 5.57. The Kier molecular flexibility index (Phi) is 7.82. The number of para-hydroxylation sites is 5. The fraction of sp³-hybridized carbons (Fsp3) is 0. The average Bonchev–Trinajstić information content (AvgIpc) is 4.24. The molecule has 0 fully saturated rings. The van der Waals surface area contributed by atoms with E-state index in [4.69, 9.17) is 8.83 Å². The Morgan fingerprint density at radius 2 is 0.521 bits per heavy atom. The van der Waals surface area contributed by atoms with Crippen molar-refractivity contribution in [2.45, 2.75) is 0 Å². The SMILES string of the molecule is c1ccc(-n2c3ccc(-n4c5ccccc5c5cc(-c6ccc7oc8ccccc8c7c6)ccc54)cc3c3cc(-n4c5ccccc5c5cc(-c6ccc7oc8ccccc8c7c6)ccc54)ccc32)cc1. The van der Waals surface area contributed by atoms with E-state index in [1.807, 2.05) is 24.3 Å². The maximum atomic E-state index is 6.19. The van der Waals surface area contributed by atoms with E-state index in [9.17, 15) is 0 Å². The van der Waals surface area contributed by atoms with E-state index < -0.39 is 0 Å². The lowest BCUT2D eigenvalue weighted by Gasteiger charge is -2.11. The van der Waals surface area contributed by atoms with Crippen molar-refractivity contribution < 1.29 is 8.83 Å². The van der Waals surface area contributed by atoms with Crippen LogP contribution < -0.4 is 0 Å². The summed E-state index contributed by atoms with van der Waals surface area (Å²) in [6.07, 6.45) is 0. The van der Waals surface area contributed by atoms with Crippen molar-refractivity contribution in [3.63, 3.8) is 0 Å². The Balaban J connectivity index is 0.875. The van der Waals surface area contributed by atoms with Gasteiger partial charge in [0.2, 0.25) is 0 Å². The normalized spacial score (nSPS) is 12.2. The van der Waals surface area contributed by atoms with Gasteiger partial charge in [-0.25, -0.2) is 0 Å². The number of furan rings is 2. The summed E-state index contributed by atoms with van der Waals surface area (Å²) in [5.74, 6) is 0. The second kappa shape index (κ2) is 14.5. The molecular formula is C66H39N3O2. The lowest BCUT2D eigenvalue weighted by Crippen LogP contribution is -1.96. The van der Waals surface area contributed by atoms with E-state index >= 15 is 0 Å². The first-order valence-corrected chi connectivity index (χ1v) is 24.2. The molecule has 0 unspecified atom stereocenters. The highest BCUT2D eigenvalue weighted by Gasteiger charge is 2.20. The minimum absolute atomic E-state index is 0.905. The lowest BCUT2D eigenvalue weighted by atomic mass is 10.0. The summed E-state index contributed by atoms with van der Waals surface area (Å²) in [4.78, 5) is 0. The second-order valence-corrected chi connectivity index (χ2v) is 18.9. The molecule has 0 N–H and O–H groups in total. The number of nitrogens with zero attached hydrogens (tertiary/aromatic N) is 3. The van der Waals surface area contributed by atoms with Crippen LogP contribution in [0.15, 0.2) is 245 Å². The molecule has 0 radical (unpaired) electrons. The largest absolute Gasteiger partial charge is 0.456 e. The molecule has 16 aromatic rings. The molecule has 71 heavy (non-hydrogen) atoms. The Labute approximate surface area is 405 Å². The van der Waals surface area contributed by atoms with E-state index in [-0.39, 0.29) is 0 Å². The van der Waals surface area contributed by atoms with Gasteiger partial charge in [-0.1, -0.05) is 115 Å². The second-order valence-electron chi connectivity index (χ2n) is 18.9. The molecule has 11 aromatic carbocycles. The fourth-order valence-electron chi connectivity index (χ4n) is 11.8. The van der Waals surface area contributed by atoms with Crippen LogP contribution in [0.1, 0.15) is 0 Å². The highest BCUT2D eigenvalue weighted by Crippen LogP contribution is 2.42. The third-order valence-corrected chi connectivity index (χ3v) is 15.0. The summed E-state index contributed by atoms with van der Waals surface area (Å²) in [5, 5.41) is 11.8. The number of hydrogen-bond donors (Lipinski definition) is 0. The first-order valence-electron chi connectivity index (χ1n) is 24.2. The van der Waals surface area contributed by atoms with Gasteiger partial charge in [0.05, 0.1) is 33.1 Å². The highest BCUT2D eigenvalue weighted by molar-refractivity contribution is 6.15. The van der Waals surface area contributed by atoms with Crippen molar-refractivity contribution in [2.75, 3.05) is 0 Å². The van der Waals surface area contributed by atoms with Crippen molar-refractivity contribution in [3.8, 4) is 39.3 Å². The van der Waals surface area contributed by atoms with Crippen molar-refractivity contribution in [1.29, 1.82) is 0 Å². The molecule has 5 heterocycles. The Morgan fingerprint density at radius 3 is 1.00 bits per heavy atom. The summed E-state index contributed by atoms with van der Waals surface area (Å²) in [7, 11) is 0. The molecule has 0 aliphatic rings. The van der Waals surface area contributed by atoms with Crippen molar-refractivity contribution in [2.24, 2.45) is 0 Å². The van der Waals surface area contributed by atoms with Gasteiger partial charge in [-0.05, 0) is 144 Å². The average molecular weight is 906 g/mol. The number of aromatic nitrogens is 3. The van der Waals surface area contributed by atoms with E-state index in [0.717, 1.165) is 72.0 Å². The Hall–Kier alpha value is -9.58. The molecule has 0 bridgehead atoms. The van der Waals surface area contributed by atoms with Crippen molar-refractivity contribution in [1.82, 2.24) is 13.7 Å². The fourth-order valence-corrected chi connectivity index (χ4v) is 11.8. The van der Waals surface area contributed by atoms with E-state index in [0.29, 0.717) is 0 Å². The highest BCUT2D eigenvalue weighted by atomic mass is 16.3. The molecule has 0 saturated carbocycles. The van der Waals surface area contributed by atoms with Crippen LogP contribution in [-0.4, -0.2) is 13.7 Å². The number of benzene rings is 11. The predicted molar refractivity (Wildman–Crippen MR) is 295 cm³/mol. The molecule has 5 nitrogen and oxygen atoms in total. The molecule has 0 aliphatic carbocycles. The molecule has 0 atom stereocenters. The molecular weight excluding hydrogens is 867 g/mol. The van der Waals surface area contributed by atoms with Gasteiger partial charge in [0, 0.05) is 70.9 Å². The minimum Gasteiger partial charge on any atom is -0.456 e. The van der Waals surface area contributed by atoms with Gasteiger partial charge < -0.3 is 22.5 Å². The van der Waals surface area contributed by atoms with Crippen LogP contribution in [0.2, 0.25) is 0 Å². The van der Waals surface area contributed by atoms with E-state index in [1.165, 1.54) is 76.6 Å². The van der Waals surface area contributed by atoms with Crippen LogP contribution in [0.5, 0.6) is 0 Å². The quantitative estimate of drug-likeness (QED) is 0.173. The van der Waals surface area contributed by atoms with Gasteiger partial charge >= 0.3 is 0 Å². The summed E-state index contributed by atoms with van der Waals surface area (Å²) in [6, 6.07) is 85.9. The maximum Gasteiger partial charge on any atom is 0.135 e. The topological polar surface area (TPSA) is 41.1 Å². The van der Waals surface area contributed by atoms with Crippen molar-refractivity contribution >= 4 is 109 Å². The Morgan fingerprint density at radius 1 is 0.197 bits per heavy atom. The third-order valence-electron chi connectivity index (χ3n) is 15.0. The predicted octanol–water partition coefficient (Wildman–Crippen LogP) is 18.1. The van der Waals surface area contributed by atoms with Crippen molar-refractivity contribution in [3.05, 3.63) is 237 Å². The van der Waals surface area contributed by atoms with Gasteiger partial charge in [0.25, 0.3) is 0 Å². The number of rotatable bonds is 5. The van der Waals surface area contributed by atoms with E-state index in [2.05, 4.69) is 226 Å². The van der Waals surface area contributed by atoms with Crippen LogP contribution in [0, 0.1) is 0 Å². The summed E-state index contributed by atoms with van der Waals surface area (Å²) in [5.41, 5.74) is 18.7.